The molecule has 0 atom stereocenters. The van der Waals surface area contributed by atoms with Crippen LogP contribution in [0.2, 0.25) is 5.28 Å². The molecule has 2 N–H and O–H groups in total. The zero-order chi connectivity index (χ0) is 28.2. The molecule has 1 aliphatic rings. The molecule has 0 unspecified atom stereocenters. The lowest BCUT2D eigenvalue weighted by atomic mass is 9.93. The number of halogens is 2. The molecular formula is C26H31ClFN5O4S2. The maximum atomic E-state index is 15.8. The first kappa shape index (κ1) is 29.3. The average Bonchev–Trinajstić information content (AvgIpc) is 3.35. The minimum absolute atomic E-state index is 0.0240. The van der Waals surface area contributed by atoms with Crippen molar-refractivity contribution in [1.82, 2.24) is 20.3 Å². The predicted octanol–water partition coefficient (Wildman–Crippen LogP) is 5.03. The smallest absolute Gasteiger partial charge is 0.232 e. The third-order valence-electron chi connectivity index (χ3n) is 6.35. The topological polar surface area (TPSA) is 123 Å². The summed E-state index contributed by atoms with van der Waals surface area (Å²) in [5, 5.41) is 3.71. The molecule has 2 aromatic heterocycles. The van der Waals surface area contributed by atoms with E-state index in [-0.39, 0.29) is 34.1 Å². The Kier molecular flexibility index (Phi) is 9.20. The van der Waals surface area contributed by atoms with Crippen LogP contribution < -0.4 is 10.0 Å². The normalized spacial score (nSPS) is 14.8. The summed E-state index contributed by atoms with van der Waals surface area (Å²) in [5.41, 5.74) is 0.0903. The van der Waals surface area contributed by atoms with Crippen LogP contribution >= 0.6 is 22.9 Å². The number of thiazole rings is 1. The molecule has 3 heterocycles. The second kappa shape index (κ2) is 12.2. The summed E-state index contributed by atoms with van der Waals surface area (Å²) in [7, 11) is -3.71. The Morgan fingerprint density at radius 3 is 2.67 bits per heavy atom. The molecule has 13 heteroatoms. The third kappa shape index (κ3) is 7.10. The molecule has 9 nitrogen and oxygen atoms in total. The summed E-state index contributed by atoms with van der Waals surface area (Å²) in [4.78, 5) is 26.3. The maximum Gasteiger partial charge on any atom is 0.232 e. The summed E-state index contributed by atoms with van der Waals surface area (Å²) < 4.78 is 48.1. The van der Waals surface area contributed by atoms with E-state index in [2.05, 4.69) is 20.0 Å². The second-order valence-electron chi connectivity index (χ2n) is 9.98. The van der Waals surface area contributed by atoms with Crippen molar-refractivity contribution < 1.29 is 22.3 Å². The van der Waals surface area contributed by atoms with Gasteiger partial charge in [-0.15, -0.1) is 11.3 Å². The van der Waals surface area contributed by atoms with Crippen LogP contribution in [0.4, 0.5) is 10.1 Å². The molecule has 0 aliphatic carbocycles. The van der Waals surface area contributed by atoms with Gasteiger partial charge in [-0.05, 0) is 49.1 Å². The summed E-state index contributed by atoms with van der Waals surface area (Å²) in [6.45, 7) is 7.09. The molecule has 3 aromatic rings. The van der Waals surface area contributed by atoms with Gasteiger partial charge >= 0.3 is 0 Å². The summed E-state index contributed by atoms with van der Waals surface area (Å²) in [6, 6.07) is 6.13. The lowest BCUT2D eigenvalue weighted by Crippen LogP contribution is -2.41. The molecule has 0 radical (unpaired) electrons. The number of rotatable bonds is 10. The van der Waals surface area contributed by atoms with Crippen molar-refractivity contribution in [2.45, 2.75) is 45.4 Å². The number of carbonyl (C=O) groups excluding carboxylic acids is 1. The van der Waals surface area contributed by atoms with Crippen LogP contribution in [0, 0.1) is 11.7 Å². The molecule has 0 saturated carbocycles. The fraction of sp³-hybridized carbons (Fsp3) is 0.462. The van der Waals surface area contributed by atoms with Gasteiger partial charge in [0.1, 0.15) is 5.01 Å². The molecule has 1 aromatic carbocycles. The highest BCUT2D eigenvalue weighted by Crippen LogP contribution is 2.42. The van der Waals surface area contributed by atoms with Gasteiger partial charge in [0.25, 0.3) is 0 Å². The number of amides is 1. The van der Waals surface area contributed by atoms with Gasteiger partial charge in [0.2, 0.25) is 21.2 Å². The number of hydrogen-bond acceptors (Lipinski definition) is 8. The first-order valence-electron chi connectivity index (χ1n) is 12.7. The fourth-order valence-corrected chi connectivity index (χ4v) is 6.62. The van der Waals surface area contributed by atoms with Crippen LogP contribution in [0.1, 0.15) is 45.0 Å². The zero-order valence-electron chi connectivity index (χ0n) is 22.0. The second-order valence-corrected chi connectivity index (χ2v) is 13.2. The Hall–Kier alpha value is -2.67. The number of nitrogens with zero attached hydrogens (tertiary/aromatic N) is 3. The van der Waals surface area contributed by atoms with E-state index in [1.165, 1.54) is 29.7 Å². The van der Waals surface area contributed by atoms with Gasteiger partial charge in [0, 0.05) is 42.9 Å². The summed E-state index contributed by atoms with van der Waals surface area (Å²) in [5.74, 6) is -0.991. The van der Waals surface area contributed by atoms with Crippen molar-refractivity contribution >= 4 is 44.6 Å². The zero-order valence-corrected chi connectivity index (χ0v) is 24.3. The fourth-order valence-electron chi connectivity index (χ4n) is 4.20. The van der Waals surface area contributed by atoms with Crippen molar-refractivity contribution in [1.29, 1.82) is 0 Å². The maximum absolute atomic E-state index is 15.8. The highest BCUT2D eigenvalue weighted by Gasteiger charge is 2.31. The lowest BCUT2D eigenvalue weighted by Gasteiger charge is -2.26. The van der Waals surface area contributed by atoms with Crippen LogP contribution in [0.25, 0.3) is 21.8 Å². The molecule has 1 fully saturated rings. The Balaban J connectivity index is 1.71. The molecule has 210 valence electrons. The SMILES string of the molecule is CCCS(=O)(=O)Nc1cccc(-c2nc(C(C)(C)CNC(=O)C3CCOCC3)sc2-c2ccnc(Cl)n2)c1F. The largest absolute Gasteiger partial charge is 0.381 e. The Morgan fingerprint density at radius 2 is 1.97 bits per heavy atom. The van der Waals surface area contributed by atoms with Gasteiger partial charge in [-0.3, -0.25) is 9.52 Å². The highest BCUT2D eigenvalue weighted by atomic mass is 35.5. The van der Waals surface area contributed by atoms with Gasteiger partial charge in [0.05, 0.1) is 27.7 Å². The first-order chi connectivity index (χ1) is 18.5. The third-order valence-corrected chi connectivity index (χ3v) is 9.46. The van der Waals surface area contributed by atoms with Crippen molar-refractivity contribution in [3.8, 4) is 21.8 Å². The Morgan fingerprint density at radius 1 is 1.23 bits per heavy atom. The first-order valence-corrected chi connectivity index (χ1v) is 15.5. The van der Waals surface area contributed by atoms with E-state index in [1.54, 1.807) is 19.1 Å². The van der Waals surface area contributed by atoms with Gasteiger partial charge < -0.3 is 10.1 Å². The molecule has 1 aliphatic heterocycles. The van der Waals surface area contributed by atoms with Gasteiger partial charge in [-0.2, -0.15) is 0 Å². The number of hydrogen-bond donors (Lipinski definition) is 2. The number of nitrogens with one attached hydrogen (secondary N) is 2. The van der Waals surface area contributed by atoms with E-state index in [9.17, 15) is 13.2 Å². The highest BCUT2D eigenvalue weighted by molar-refractivity contribution is 7.92. The number of carbonyl (C=O) groups is 1. The van der Waals surface area contributed by atoms with Crippen LogP contribution in [-0.2, 0) is 25.0 Å². The predicted molar refractivity (Wildman–Crippen MR) is 151 cm³/mol. The minimum Gasteiger partial charge on any atom is -0.381 e. The lowest BCUT2D eigenvalue weighted by molar-refractivity contribution is -0.128. The number of aromatic nitrogens is 3. The summed E-state index contributed by atoms with van der Waals surface area (Å²) in [6.07, 6.45) is 3.26. The molecule has 4 rings (SSSR count). The van der Waals surface area contributed by atoms with Crippen LogP contribution in [-0.4, -0.2) is 54.8 Å². The van der Waals surface area contributed by atoms with Crippen LogP contribution in [0.3, 0.4) is 0 Å². The number of ether oxygens (including phenoxy) is 1. The monoisotopic (exact) mass is 595 g/mol. The van der Waals surface area contributed by atoms with E-state index in [0.29, 0.717) is 60.3 Å². The Bertz CT molecular complexity index is 1440. The van der Waals surface area contributed by atoms with E-state index in [4.69, 9.17) is 21.3 Å². The van der Waals surface area contributed by atoms with Gasteiger partial charge in [-0.25, -0.2) is 27.8 Å². The summed E-state index contributed by atoms with van der Waals surface area (Å²) >= 11 is 7.37. The van der Waals surface area contributed by atoms with Crippen molar-refractivity contribution in [2.24, 2.45) is 5.92 Å². The number of anilines is 1. The number of benzene rings is 1. The molecule has 0 bridgehead atoms. The van der Waals surface area contributed by atoms with E-state index in [0.717, 1.165) is 0 Å². The van der Waals surface area contributed by atoms with Crippen molar-refractivity contribution in [3.63, 3.8) is 0 Å². The molecule has 1 saturated heterocycles. The van der Waals surface area contributed by atoms with Gasteiger partial charge in [-0.1, -0.05) is 26.8 Å². The van der Waals surface area contributed by atoms with E-state index >= 15 is 4.39 Å². The minimum atomic E-state index is -3.71. The number of sulfonamides is 1. The molecule has 0 spiro atoms. The average molecular weight is 596 g/mol. The quantitative estimate of drug-likeness (QED) is 0.315. The van der Waals surface area contributed by atoms with Crippen molar-refractivity contribution in [2.75, 3.05) is 30.2 Å². The van der Waals surface area contributed by atoms with Crippen molar-refractivity contribution in [3.05, 3.63) is 46.6 Å². The molecule has 39 heavy (non-hydrogen) atoms. The standard InChI is InChI=1S/C26H31ClFN5O4S2/c1-4-14-39(35,36)33-18-7-5-6-17(20(18)28)21-22(19-8-11-29-25(27)31-19)38-24(32-21)26(2,3)15-30-23(34)16-9-12-37-13-10-16/h5-8,11,16,33H,4,9-10,12-15H2,1-3H3,(H,30,34). The van der Waals surface area contributed by atoms with E-state index in [1.807, 2.05) is 13.8 Å². The van der Waals surface area contributed by atoms with E-state index < -0.39 is 21.3 Å². The van der Waals surface area contributed by atoms with Crippen LogP contribution in [0.15, 0.2) is 30.5 Å². The molecular weight excluding hydrogens is 565 g/mol. The Labute approximate surface area is 236 Å². The van der Waals surface area contributed by atoms with Gasteiger partial charge in [0.15, 0.2) is 5.82 Å². The van der Waals surface area contributed by atoms with Crippen LogP contribution in [0.5, 0.6) is 0 Å². The molecule has 1 amide bonds.